The molecule has 1 aliphatic heterocycles. The van der Waals surface area contributed by atoms with Crippen LogP contribution in [0.5, 0.6) is 5.75 Å². The first kappa shape index (κ1) is 21.1. The molecule has 1 saturated heterocycles. The lowest BCUT2D eigenvalue weighted by atomic mass is 9.97. The normalized spacial score (nSPS) is 21.0. The number of nitrogens with zero attached hydrogens (tertiary/aromatic N) is 1. The summed E-state index contributed by atoms with van der Waals surface area (Å²) < 4.78 is 5.25. The molecule has 1 atom stereocenters. The molecule has 1 aromatic carbocycles. The van der Waals surface area contributed by atoms with Crippen molar-refractivity contribution in [3.05, 3.63) is 29.8 Å². The third-order valence-corrected chi connectivity index (χ3v) is 5.85. The van der Waals surface area contributed by atoms with E-state index in [1.54, 1.807) is 25.9 Å². The SMILES string of the molecule is COc1cccc(CC(=O)N2CC(NC(=O)C(C)C)C(=O)NC3(CCCC3)C2)c1. The fraction of sp³-hybridized carbons (Fsp3) is 0.591. The van der Waals surface area contributed by atoms with Crippen LogP contribution < -0.4 is 15.4 Å². The van der Waals surface area contributed by atoms with Crippen LogP contribution in [0.15, 0.2) is 24.3 Å². The van der Waals surface area contributed by atoms with Crippen LogP contribution in [0, 0.1) is 5.92 Å². The van der Waals surface area contributed by atoms with Gasteiger partial charge in [-0.25, -0.2) is 0 Å². The fourth-order valence-electron chi connectivity index (χ4n) is 4.16. The fourth-order valence-corrected chi connectivity index (χ4v) is 4.16. The quantitative estimate of drug-likeness (QED) is 0.785. The number of methoxy groups -OCH3 is 1. The standard InChI is InChI=1S/C22H31N3O4/c1-15(2)20(27)23-18-13-25(14-22(24-21(18)28)9-4-5-10-22)19(26)12-16-7-6-8-17(11-16)29-3/h6-8,11,15,18H,4-5,9-10,12-14H2,1-3H3,(H,23,27)(H,24,28). The van der Waals surface area contributed by atoms with Crippen LogP contribution in [-0.4, -0.2) is 54.4 Å². The Morgan fingerprint density at radius 1 is 1.31 bits per heavy atom. The van der Waals surface area contributed by atoms with Crippen molar-refractivity contribution in [2.24, 2.45) is 5.92 Å². The van der Waals surface area contributed by atoms with Gasteiger partial charge in [0.25, 0.3) is 0 Å². The summed E-state index contributed by atoms with van der Waals surface area (Å²) in [5.41, 5.74) is 0.472. The smallest absolute Gasteiger partial charge is 0.244 e. The van der Waals surface area contributed by atoms with E-state index in [2.05, 4.69) is 10.6 Å². The first-order valence-electron chi connectivity index (χ1n) is 10.3. The van der Waals surface area contributed by atoms with E-state index in [0.717, 1.165) is 31.2 Å². The van der Waals surface area contributed by atoms with E-state index in [9.17, 15) is 14.4 Å². The van der Waals surface area contributed by atoms with Gasteiger partial charge in [-0.2, -0.15) is 0 Å². The highest BCUT2D eigenvalue weighted by Gasteiger charge is 2.43. The Hall–Kier alpha value is -2.57. The number of carbonyl (C=O) groups excluding carboxylic acids is 3. The molecule has 3 rings (SSSR count). The Bertz CT molecular complexity index is 771. The summed E-state index contributed by atoms with van der Waals surface area (Å²) in [4.78, 5) is 40.0. The molecule has 7 nitrogen and oxygen atoms in total. The van der Waals surface area contributed by atoms with Crippen molar-refractivity contribution in [2.45, 2.75) is 57.5 Å². The molecule has 2 fully saturated rings. The molecule has 158 valence electrons. The number of hydrogen-bond donors (Lipinski definition) is 2. The Morgan fingerprint density at radius 3 is 2.69 bits per heavy atom. The maximum Gasteiger partial charge on any atom is 0.244 e. The third-order valence-electron chi connectivity index (χ3n) is 5.85. The summed E-state index contributed by atoms with van der Waals surface area (Å²) in [6.07, 6.45) is 3.99. The first-order chi connectivity index (χ1) is 13.8. The second-order valence-corrected chi connectivity index (χ2v) is 8.50. The molecule has 0 bridgehead atoms. The minimum atomic E-state index is -0.737. The maximum atomic E-state index is 13.2. The van der Waals surface area contributed by atoms with Gasteiger partial charge in [0.05, 0.1) is 25.6 Å². The van der Waals surface area contributed by atoms with Gasteiger partial charge in [-0.3, -0.25) is 14.4 Å². The predicted octanol–water partition coefficient (Wildman–Crippen LogP) is 1.65. The molecule has 3 amide bonds. The van der Waals surface area contributed by atoms with Crippen molar-refractivity contribution >= 4 is 17.7 Å². The predicted molar refractivity (Wildman–Crippen MR) is 109 cm³/mol. The Morgan fingerprint density at radius 2 is 2.03 bits per heavy atom. The van der Waals surface area contributed by atoms with E-state index in [0.29, 0.717) is 12.3 Å². The van der Waals surface area contributed by atoms with Gasteiger partial charge in [-0.1, -0.05) is 38.8 Å². The Balaban J connectivity index is 1.80. The highest BCUT2D eigenvalue weighted by atomic mass is 16.5. The van der Waals surface area contributed by atoms with E-state index in [-0.39, 0.29) is 36.6 Å². The van der Waals surface area contributed by atoms with Crippen molar-refractivity contribution in [1.29, 1.82) is 0 Å². The second kappa shape index (κ2) is 8.84. The molecule has 1 aliphatic carbocycles. The molecule has 2 N–H and O–H groups in total. The Kier molecular flexibility index (Phi) is 6.45. The highest BCUT2D eigenvalue weighted by molar-refractivity contribution is 5.90. The summed E-state index contributed by atoms with van der Waals surface area (Å²) in [6, 6.07) is 6.71. The van der Waals surface area contributed by atoms with E-state index in [1.807, 2.05) is 24.3 Å². The van der Waals surface area contributed by atoms with Crippen LogP contribution >= 0.6 is 0 Å². The maximum absolute atomic E-state index is 13.2. The summed E-state index contributed by atoms with van der Waals surface area (Å²) in [5.74, 6) is 0.0416. The van der Waals surface area contributed by atoms with Crippen molar-refractivity contribution < 1.29 is 19.1 Å². The molecular formula is C22H31N3O4. The van der Waals surface area contributed by atoms with Crippen molar-refractivity contribution in [3.63, 3.8) is 0 Å². The van der Waals surface area contributed by atoms with Crippen LogP contribution in [0.4, 0.5) is 0 Å². The lowest BCUT2D eigenvalue weighted by molar-refractivity contribution is -0.133. The number of hydrogen-bond acceptors (Lipinski definition) is 4. The highest BCUT2D eigenvalue weighted by Crippen LogP contribution is 2.32. The monoisotopic (exact) mass is 401 g/mol. The number of nitrogens with one attached hydrogen (secondary N) is 2. The van der Waals surface area contributed by atoms with Crippen molar-refractivity contribution in [1.82, 2.24) is 15.5 Å². The van der Waals surface area contributed by atoms with Gasteiger partial charge in [0.15, 0.2) is 0 Å². The van der Waals surface area contributed by atoms with Crippen LogP contribution in [0.3, 0.4) is 0 Å². The van der Waals surface area contributed by atoms with Crippen LogP contribution in [-0.2, 0) is 20.8 Å². The summed E-state index contributed by atoms with van der Waals surface area (Å²) >= 11 is 0. The molecular weight excluding hydrogens is 370 g/mol. The van der Waals surface area contributed by atoms with Gasteiger partial charge >= 0.3 is 0 Å². The second-order valence-electron chi connectivity index (χ2n) is 8.50. The number of benzene rings is 1. The van der Waals surface area contributed by atoms with Gasteiger partial charge in [0.1, 0.15) is 11.8 Å². The average Bonchev–Trinajstić information content (AvgIpc) is 3.08. The molecule has 1 saturated carbocycles. The molecule has 1 aromatic rings. The van der Waals surface area contributed by atoms with E-state index in [4.69, 9.17) is 4.74 Å². The number of carbonyl (C=O) groups is 3. The molecule has 1 spiro atoms. The molecule has 1 unspecified atom stereocenters. The van der Waals surface area contributed by atoms with Gasteiger partial charge in [-0.05, 0) is 30.5 Å². The minimum absolute atomic E-state index is 0.0511. The number of rotatable bonds is 5. The summed E-state index contributed by atoms with van der Waals surface area (Å²) in [6.45, 7) is 4.24. The molecule has 7 heteroatoms. The topological polar surface area (TPSA) is 87.7 Å². The summed E-state index contributed by atoms with van der Waals surface area (Å²) in [5, 5.41) is 5.96. The molecule has 0 aromatic heterocycles. The first-order valence-corrected chi connectivity index (χ1v) is 10.3. The van der Waals surface area contributed by atoms with E-state index in [1.165, 1.54) is 0 Å². The van der Waals surface area contributed by atoms with Gasteiger partial charge < -0.3 is 20.3 Å². The molecule has 1 heterocycles. The van der Waals surface area contributed by atoms with E-state index < -0.39 is 11.6 Å². The van der Waals surface area contributed by atoms with E-state index >= 15 is 0 Å². The zero-order chi connectivity index (χ0) is 21.0. The number of amides is 3. The molecule has 0 radical (unpaired) electrons. The lowest BCUT2D eigenvalue weighted by Gasteiger charge is -2.33. The lowest BCUT2D eigenvalue weighted by Crippen LogP contribution is -2.54. The van der Waals surface area contributed by atoms with Crippen molar-refractivity contribution in [3.8, 4) is 5.75 Å². The van der Waals surface area contributed by atoms with Crippen LogP contribution in [0.2, 0.25) is 0 Å². The molecule has 2 aliphatic rings. The number of ether oxygens (including phenoxy) is 1. The zero-order valence-corrected chi connectivity index (χ0v) is 17.5. The average molecular weight is 402 g/mol. The minimum Gasteiger partial charge on any atom is -0.497 e. The van der Waals surface area contributed by atoms with Gasteiger partial charge in [0, 0.05) is 12.5 Å². The summed E-state index contributed by atoms with van der Waals surface area (Å²) in [7, 11) is 1.60. The molecule has 29 heavy (non-hydrogen) atoms. The third kappa shape index (κ3) is 5.08. The van der Waals surface area contributed by atoms with Gasteiger partial charge in [-0.15, -0.1) is 0 Å². The van der Waals surface area contributed by atoms with Crippen LogP contribution in [0.25, 0.3) is 0 Å². The van der Waals surface area contributed by atoms with Crippen molar-refractivity contribution in [2.75, 3.05) is 20.2 Å². The van der Waals surface area contributed by atoms with Crippen LogP contribution in [0.1, 0.15) is 45.1 Å². The largest absolute Gasteiger partial charge is 0.497 e. The van der Waals surface area contributed by atoms with Gasteiger partial charge in [0.2, 0.25) is 17.7 Å². The zero-order valence-electron chi connectivity index (χ0n) is 17.5. The Labute approximate surface area is 172 Å².